The number of aliphatic hydroxyl groups is 1. The Morgan fingerprint density at radius 3 is 2.88 bits per heavy atom. The average molecular weight is 237 g/mol. The average Bonchev–Trinajstić information content (AvgIpc) is 2.63. The van der Waals surface area contributed by atoms with Crippen molar-refractivity contribution in [3.63, 3.8) is 0 Å². The molecule has 0 aliphatic heterocycles. The van der Waals surface area contributed by atoms with Crippen molar-refractivity contribution in [1.82, 2.24) is 5.32 Å². The van der Waals surface area contributed by atoms with Gasteiger partial charge >= 0.3 is 0 Å². The molecule has 2 atom stereocenters. The summed E-state index contributed by atoms with van der Waals surface area (Å²) in [5, 5.41) is 12.8. The number of furan rings is 1. The molecule has 2 N–H and O–H groups in total. The minimum atomic E-state index is -0.422. The van der Waals surface area contributed by atoms with Crippen LogP contribution in [0.4, 0.5) is 0 Å². The van der Waals surface area contributed by atoms with Gasteiger partial charge in [-0.2, -0.15) is 0 Å². The van der Waals surface area contributed by atoms with Gasteiger partial charge in [-0.15, -0.1) is 0 Å². The third-order valence-electron chi connectivity index (χ3n) is 3.29. The molecule has 0 spiro atoms. The Kier molecular flexibility index (Phi) is 3.84. The molecule has 4 nitrogen and oxygen atoms in total. The first-order valence-electron chi connectivity index (χ1n) is 6.21. The number of amides is 1. The second-order valence-electron chi connectivity index (χ2n) is 4.73. The van der Waals surface area contributed by atoms with Gasteiger partial charge in [0.25, 0.3) is 5.91 Å². The maximum atomic E-state index is 11.9. The molecule has 1 fully saturated rings. The van der Waals surface area contributed by atoms with Crippen molar-refractivity contribution in [1.29, 1.82) is 0 Å². The molecule has 1 aliphatic rings. The van der Waals surface area contributed by atoms with E-state index in [1.165, 1.54) is 6.26 Å². The number of hydrogen-bond acceptors (Lipinski definition) is 3. The van der Waals surface area contributed by atoms with Crippen molar-refractivity contribution >= 4 is 5.91 Å². The second-order valence-corrected chi connectivity index (χ2v) is 4.73. The zero-order valence-electron chi connectivity index (χ0n) is 10.1. The molecule has 1 saturated carbocycles. The molecular weight excluding hydrogens is 218 g/mol. The fourth-order valence-electron chi connectivity index (χ4n) is 2.27. The molecule has 0 aromatic carbocycles. The predicted molar refractivity (Wildman–Crippen MR) is 63.8 cm³/mol. The standard InChI is InChI=1S/C13H19NO3/c1-9-7-10(8-17-9)13(16)14-11-5-3-2-4-6-12(11)15/h7-8,11-12,15H,2-6H2,1H3,(H,14,16). The van der Waals surface area contributed by atoms with Gasteiger partial charge in [0, 0.05) is 0 Å². The lowest BCUT2D eigenvalue weighted by atomic mass is 10.1. The quantitative estimate of drug-likeness (QED) is 0.773. The molecule has 1 aliphatic carbocycles. The van der Waals surface area contributed by atoms with E-state index in [2.05, 4.69) is 5.32 Å². The number of nitrogens with one attached hydrogen (secondary N) is 1. The van der Waals surface area contributed by atoms with E-state index in [9.17, 15) is 9.90 Å². The normalized spacial score (nSPS) is 25.3. The van der Waals surface area contributed by atoms with Crippen LogP contribution < -0.4 is 5.32 Å². The zero-order valence-corrected chi connectivity index (χ0v) is 10.1. The molecule has 17 heavy (non-hydrogen) atoms. The molecule has 1 heterocycles. The third kappa shape index (κ3) is 3.09. The lowest BCUT2D eigenvalue weighted by Crippen LogP contribution is -2.42. The van der Waals surface area contributed by atoms with Crippen LogP contribution >= 0.6 is 0 Å². The van der Waals surface area contributed by atoms with Crippen molar-refractivity contribution in [2.45, 2.75) is 51.2 Å². The summed E-state index contributed by atoms with van der Waals surface area (Å²) in [6, 6.07) is 1.58. The van der Waals surface area contributed by atoms with Crippen molar-refractivity contribution in [2.75, 3.05) is 0 Å². The minimum Gasteiger partial charge on any atom is -0.469 e. The van der Waals surface area contributed by atoms with E-state index in [1.807, 2.05) is 0 Å². The summed E-state index contributed by atoms with van der Waals surface area (Å²) in [7, 11) is 0. The van der Waals surface area contributed by atoms with Crippen molar-refractivity contribution in [3.8, 4) is 0 Å². The Labute approximate surface area is 101 Å². The van der Waals surface area contributed by atoms with E-state index in [-0.39, 0.29) is 11.9 Å². The first kappa shape index (κ1) is 12.2. The van der Waals surface area contributed by atoms with Crippen molar-refractivity contribution in [3.05, 3.63) is 23.7 Å². The summed E-state index contributed by atoms with van der Waals surface area (Å²) in [5.74, 6) is 0.560. The summed E-state index contributed by atoms with van der Waals surface area (Å²) in [6.45, 7) is 1.80. The van der Waals surface area contributed by atoms with Crippen molar-refractivity contribution < 1.29 is 14.3 Å². The smallest absolute Gasteiger partial charge is 0.254 e. The Morgan fingerprint density at radius 1 is 1.41 bits per heavy atom. The van der Waals surface area contributed by atoms with Gasteiger partial charge < -0.3 is 14.8 Å². The highest BCUT2D eigenvalue weighted by Crippen LogP contribution is 2.18. The van der Waals surface area contributed by atoms with Gasteiger partial charge in [0.05, 0.1) is 17.7 Å². The molecule has 2 rings (SSSR count). The van der Waals surface area contributed by atoms with Crippen LogP contribution in [0.1, 0.15) is 48.2 Å². The predicted octanol–water partition coefficient (Wildman–Crippen LogP) is 2.01. The lowest BCUT2D eigenvalue weighted by Gasteiger charge is -2.21. The number of aryl methyl sites for hydroxylation is 1. The van der Waals surface area contributed by atoms with Crippen LogP contribution in [0.2, 0.25) is 0 Å². The van der Waals surface area contributed by atoms with E-state index < -0.39 is 6.10 Å². The maximum absolute atomic E-state index is 11.9. The van der Waals surface area contributed by atoms with Crippen molar-refractivity contribution in [2.24, 2.45) is 0 Å². The Morgan fingerprint density at radius 2 is 2.18 bits per heavy atom. The fraction of sp³-hybridized carbons (Fsp3) is 0.615. The first-order chi connectivity index (χ1) is 8.16. The van der Waals surface area contributed by atoms with E-state index in [0.717, 1.165) is 37.9 Å². The van der Waals surface area contributed by atoms with E-state index in [4.69, 9.17) is 4.42 Å². The molecule has 4 heteroatoms. The molecule has 1 aromatic rings. The maximum Gasteiger partial charge on any atom is 0.254 e. The minimum absolute atomic E-state index is 0.125. The Balaban J connectivity index is 1.97. The molecule has 0 bridgehead atoms. The summed E-state index contributed by atoms with van der Waals surface area (Å²) < 4.78 is 5.10. The molecule has 1 aromatic heterocycles. The summed E-state index contributed by atoms with van der Waals surface area (Å²) in [5.41, 5.74) is 0.527. The number of rotatable bonds is 2. The number of hydrogen-bond donors (Lipinski definition) is 2. The van der Waals surface area contributed by atoms with E-state index >= 15 is 0 Å². The van der Waals surface area contributed by atoms with Gasteiger partial charge in [-0.05, 0) is 25.8 Å². The molecule has 0 radical (unpaired) electrons. The highest BCUT2D eigenvalue weighted by molar-refractivity contribution is 5.94. The molecule has 1 amide bonds. The SMILES string of the molecule is Cc1cc(C(=O)NC2CCCCCC2O)co1. The van der Waals surface area contributed by atoms with Crippen LogP contribution in [0.5, 0.6) is 0 Å². The number of carbonyl (C=O) groups excluding carboxylic acids is 1. The largest absolute Gasteiger partial charge is 0.469 e. The Bertz CT molecular complexity index is 386. The molecule has 2 unspecified atom stereocenters. The van der Waals surface area contributed by atoms with Crippen LogP contribution in [0.3, 0.4) is 0 Å². The van der Waals surface area contributed by atoms with Crippen LogP contribution in [0.15, 0.2) is 16.7 Å². The van der Waals surface area contributed by atoms with E-state index in [0.29, 0.717) is 5.56 Å². The summed E-state index contributed by atoms with van der Waals surface area (Å²) in [6.07, 6.45) is 5.89. The summed E-state index contributed by atoms with van der Waals surface area (Å²) in [4.78, 5) is 11.9. The van der Waals surface area contributed by atoms with Gasteiger partial charge in [0.1, 0.15) is 12.0 Å². The van der Waals surface area contributed by atoms with Gasteiger partial charge in [-0.1, -0.05) is 19.3 Å². The van der Waals surface area contributed by atoms with E-state index in [1.54, 1.807) is 13.0 Å². The third-order valence-corrected chi connectivity index (χ3v) is 3.29. The number of aliphatic hydroxyl groups excluding tert-OH is 1. The zero-order chi connectivity index (χ0) is 12.3. The second kappa shape index (κ2) is 5.36. The highest BCUT2D eigenvalue weighted by Gasteiger charge is 2.23. The highest BCUT2D eigenvalue weighted by atomic mass is 16.3. The molecular formula is C13H19NO3. The van der Waals surface area contributed by atoms with Gasteiger partial charge in [-0.25, -0.2) is 0 Å². The first-order valence-corrected chi connectivity index (χ1v) is 6.21. The Hall–Kier alpha value is -1.29. The topological polar surface area (TPSA) is 62.5 Å². The van der Waals surface area contributed by atoms with Crippen LogP contribution in [-0.4, -0.2) is 23.2 Å². The van der Waals surface area contributed by atoms with Crippen LogP contribution in [0, 0.1) is 6.92 Å². The van der Waals surface area contributed by atoms with Gasteiger partial charge in [0.2, 0.25) is 0 Å². The van der Waals surface area contributed by atoms with Crippen LogP contribution in [0.25, 0.3) is 0 Å². The molecule has 94 valence electrons. The fourth-order valence-corrected chi connectivity index (χ4v) is 2.27. The molecule has 0 saturated heterocycles. The van der Waals surface area contributed by atoms with Crippen LogP contribution in [-0.2, 0) is 0 Å². The monoisotopic (exact) mass is 237 g/mol. The van der Waals surface area contributed by atoms with Gasteiger partial charge in [0.15, 0.2) is 0 Å². The van der Waals surface area contributed by atoms with Gasteiger partial charge in [-0.3, -0.25) is 4.79 Å². The number of carbonyl (C=O) groups is 1. The lowest BCUT2D eigenvalue weighted by molar-refractivity contribution is 0.0818. The summed E-state index contributed by atoms with van der Waals surface area (Å²) >= 11 is 0.